The van der Waals surface area contributed by atoms with Crippen LogP contribution in [0, 0.1) is 0 Å². The van der Waals surface area contributed by atoms with E-state index in [0.29, 0.717) is 4.90 Å². The Balaban J connectivity index is 2.18. The van der Waals surface area contributed by atoms with Gasteiger partial charge in [0.25, 0.3) is 0 Å². The van der Waals surface area contributed by atoms with E-state index in [1.165, 1.54) is 0 Å². The molecular weight excluding hydrogens is 270 g/mol. The molecular formula is C16H19NO2S. The molecule has 3 nitrogen and oxygen atoms in total. The minimum absolute atomic E-state index is 0.257. The smallest absolute Gasteiger partial charge is 0.207 e. The second-order valence-electron chi connectivity index (χ2n) is 4.75. The van der Waals surface area contributed by atoms with Gasteiger partial charge in [-0.1, -0.05) is 49.4 Å². The summed E-state index contributed by atoms with van der Waals surface area (Å²) in [4.78, 5) is 0.303. The highest BCUT2D eigenvalue weighted by molar-refractivity contribution is 7.89. The van der Waals surface area contributed by atoms with Crippen LogP contribution >= 0.6 is 0 Å². The Morgan fingerprint density at radius 2 is 1.60 bits per heavy atom. The lowest BCUT2D eigenvalue weighted by atomic mass is 10.1. The Labute approximate surface area is 120 Å². The summed E-state index contributed by atoms with van der Waals surface area (Å²) in [6.45, 7) is 3.88. The maximum atomic E-state index is 12.3. The molecule has 0 bridgehead atoms. The third kappa shape index (κ3) is 3.46. The number of hydrogen-bond acceptors (Lipinski definition) is 2. The summed E-state index contributed by atoms with van der Waals surface area (Å²) in [5.41, 5.74) is 2.07. The van der Waals surface area contributed by atoms with Crippen LogP contribution in [0.15, 0.2) is 59.5 Å². The van der Waals surface area contributed by atoms with Gasteiger partial charge in [0.2, 0.25) is 10.0 Å². The molecule has 0 radical (unpaired) electrons. The third-order valence-corrected chi connectivity index (χ3v) is 4.83. The first-order valence-corrected chi connectivity index (χ1v) is 8.17. The van der Waals surface area contributed by atoms with E-state index in [1.54, 1.807) is 12.1 Å². The van der Waals surface area contributed by atoms with Crippen LogP contribution in [0.3, 0.4) is 0 Å². The molecule has 4 heteroatoms. The monoisotopic (exact) mass is 289 g/mol. The Bertz CT molecular complexity index is 649. The first-order valence-electron chi connectivity index (χ1n) is 6.69. The van der Waals surface area contributed by atoms with Crippen LogP contribution in [0.1, 0.15) is 31.0 Å². The van der Waals surface area contributed by atoms with Crippen molar-refractivity contribution in [3.05, 3.63) is 65.7 Å². The van der Waals surface area contributed by atoms with E-state index in [-0.39, 0.29) is 6.04 Å². The van der Waals surface area contributed by atoms with Crippen LogP contribution in [0.25, 0.3) is 0 Å². The number of aryl methyl sites for hydroxylation is 1. The molecule has 1 unspecified atom stereocenters. The first-order chi connectivity index (χ1) is 9.53. The molecule has 0 heterocycles. The third-order valence-electron chi connectivity index (χ3n) is 3.27. The second kappa shape index (κ2) is 6.20. The van der Waals surface area contributed by atoms with Crippen LogP contribution in [0.4, 0.5) is 0 Å². The summed E-state index contributed by atoms with van der Waals surface area (Å²) in [7, 11) is -3.48. The highest BCUT2D eigenvalue weighted by atomic mass is 32.2. The van der Waals surface area contributed by atoms with Crippen molar-refractivity contribution in [3.63, 3.8) is 0 Å². The predicted molar refractivity (Wildman–Crippen MR) is 81.0 cm³/mol. The van der Waals surface area contributed by atoms with E-state index in [1.807, 2.05) is 56.3 Å². The minimum atomic E-state index is -3.48. The fourth-order valence-electron chi connectivity index (χ4n) is 2.01. The lowest BCUT2D eigenvalue weighted by Crippen LogP contribution is -2.26. The van der Waals surface area contributed by atoms with Gasteiger partial charge in [0, 0.05) is 6.04 Å². The Morgan fingerprint density at radius 3 is 2.15 bits per heavy atom. The molecule has 20 heavy (non-hydrogen) atoms. The average Bonchev–Trinajstić information content (AvgIpc) is 2.48. The first kappa shape index (κ1) is 14.8. The largest absolute Gasteiger partial charge is 0.241 e. The SMILES string of the molecule is CCc1ccc(S(=O)(=O)NC(C)c2ccccc2)cc1. The molecule has 0 saturated carbocycles. The number of rotatable bonds is 5. The number of benzene rings is 2. The fraction of sp³-hybridized carbons (Fsp3) is 0.250. The normalized spacial score (nSPS) is 13.1. The van der Waals surface area contributed by atoms with Crippen molar-refractivity contribution in [3.8, 4) is 0 Å². The van der Waals surface area contributed by atoms with E-state index in [0.717, 1.165) is 17.5 Å². The Morgan fingerprint density at radius 1 is 1.00 bits per heavy atom. The molecule has 0 aliphatic rings. The zero-order valence-corrected chi connectivity index (χ0v) is 12.5. The van der Waals surface area contributed by atoms with Crippen molar-refractivity contribution in [2.75, 3.05) is 0 Å². The summed E-state index contributed by atoms with van der Waals surface area (Å²) in [5, 5.41) is 0. The van der Waals surface area contributed by atoms with Crippen LogP contribution in [0.5, 0.6) is 0 Å². The quantitative estimate of drug-likeness (QED) is 0.918. The number of sulfonamides is 1. The van der Waals surface area contributed by atoms with Crippen molar-refractivity contribution in [2.45, 2.75) is 31.2 Å². The molecule has 0 spiro atoms. The van der Waals surface area contributed by atoms with Crippen LogP contribution in [-0.4, -0.2) is 8.42 Å². The van der Waals surface area contributed by atoms with E-state index in [9.17, 15) is 8.42 Å². The molecule has 1 atom stereocenters. The van der Waals surface area contributed by atoms with Crippen molar-refractivity contribution in [2.24, 2.45) is 0 Å². The lowest BCUT2D eigenvalue weighted by molar-refractivity contribution is 0.567. The number of nitrogens with one attached hydrogen (secondary N) is 1. The summed E-state index contributed by atoms with van der Waals surface area (Å²) in [6.07, 6.45) is 0.897. The summed E-state index contributed by atoms with van der Waals surface area (Å²) < 4.78 is 27.3. The van der Waals surface area contributed by atoms with Crippen molar-refractivity contribution in [1.82, 2.24) is 4.72 Å². The van der Waals surface area contributed by atoms with Gasteiger partial charge in [-0.3, -0.25) is 0 Å². The molecule has 0 saturated heterocycles. The van der Waals surface area contributed by atoms with Crippen LogP contribution < -0.4 is 4.72 Å². The molecule has 0 aliphatic heterocycles. The zero-order valence-electron chi connectivity index (χ0n) is 11.7. The van der Waals surface area contributed by atoms with E-state index in [4.69, 9.17) is 0 Å². The Kier molecular flexibility index (Phi) is 4.57. The maximum Gasteiger partial charge on any atom is 0.241 e. The van der Waals surface area contributed by atoms with Gasteiger partial charge in [-0.25, -0.2) is 13.1 Å². The van der Waals surface area contributed by atoms with Crippen LogP contribution in [0.2, 0.25) is 0 Å². The highest BCUT2D eigenvalue weighted by Crippen LogP contribution is 2.17. The summed E-state index contributed by atoms with van der Waals surface area (Å²) in [5.74, 6) is 0. The van der Waals surface area contributed by atoms with Gasteiger partial charge in [0.05, 0.1) is 4.90 Å². The van der Waals surface area contributed by atoms with Gasteiger partial charge in [-0.2, -0.15) is 0 Å². The predicted octanol–water partition coefficient (Wildman–Crippen LogP) is 3.29. The van der Waals surface area contributed by atoms with E-state index < -0.39 is 10.0 Å². The second-order valence-corrected chi connectivity index (χ2v) is 6.47. The lowest BCUT2D eigenvalue weighted by Gasteiger charge is -2.14. The summed E-state index contributed by atoms with van der Waals surface area (Å²) >= 11 is 0. The molecule has 1 N–H and O–H groups in total. The van der Waals surface area contributed by atoms with Gasteiger partial charge in [-0.05, 0) is 36.6 Å². The molecule has 2 aromatic carbocycles. The van der Waals surface area contributed by atoms with Gasteiger partial charge in [0.15, 0.2) is 0 Å². The standard InChI is InChI=1S/C16H19NO2S/c1-3-14-9-11-16(12-10-14)20(18,19)17-13(2)15-7-5-4-6-8-15/h4-13,17H,3H2,1-2H3. The molecule has 0 aliphatic carbocycles. The van der Waals surface area contributed by atoms with Gasteiger partial charge >= 0.3 is 0 Å². The number of hydrogen-bond donors (Lipinski definition) is 1. The summed E-state index contributed by atoms with van der Waals surface area (Å²) in [6, 6.07) is 16.3. The molecule has 2 aromatic rings. The van der Waals surface area contributed by atoms with Crippen molar-refractivity contribution >= 4 is 10.0 Å². The minimum Gasteiger partial charge on any atom is -0.207 e. The molecule has 0 aromatic heterocycles. The molecule has 2 rings (SSSR count). The maximum absolute atomic E-state index is 12.3. The van der Waals surface area contributed by atoms with E-state index in [2.05, 4.69) is 4.72 Å². The highest BCUT2D eigenvalue weighted by Gasteiger charge is 2.17. The topological polar surface area (TPSA) is 46.2 Å². The van der Waals surface area contributed by atoms with Crippen LogP contribution in [-0.2, 0) is 16.4 Å². The molecule has 106 valence electrons. The Hall–Kier alpha value is -1.65. The molecule has 0 fully saturated rings. The van der Waals surface area contributed by atoms with Gasteiger partial charge in [-0.15, -0.1) is 0 Å². The van der Waals surface area contributed by atoms with Crippen molar-refractivity contribution in [1.29, 1.82) is 0 Å². The average molecular weight is 289 g/mol. The van der Waals surface area contributed by atoms with Crippen molar-refractivity contribution < 1.29 is 8.42 Å². The van der Waals surface area contributed by atoms with Gasteiger partial charge in [0.1, 0.15) is 0 Å². The zero-order chi connectivity index (χ0) is 14.6. The van der Waals surface area contributed by atoms with E-state index >= 15 is 0 Å². The molecule has 0 amide bonds. The van der Waals surface area contributed by atoms with Gasteiger partial charge < -0.3 is 0 Å². The fourth-order valence-corrected chi connectivity index (χ4v) is 3.25.